The van der Waals surface area contributed by atoms with E-state index in [0.717, 1.165) is 114 Å². The minimum absolute atomic E-state index is 0.103. The first kappa shape index (κ1) is 88.1. The highest BCUT2D eigenvalue weighted by molar-refractivity contribution is 7.47. The molecule has 0 rings (SSSR count). The molecule has 0 saturated heterocycles. The summed E-state index contributed by atoms with van der Waals surface area (Å²) >= 11 is 0. The molecule has 0 aromatic carbocycles. The average Bonchev–Trinajstić information content (AvgIpc) is 2.83. The van der Waals surface area contributed by atoms with Crippen LogP contribution >= 0.6 is 15.6 Å². The summed E-state index contributed by atoms with van der Waals surface area (Å²) in [4.78, 5) is 72.5. The summed E-state index contributed by atoms with van der Waals surface area (Å²) in [5, 5.41) is 10.6. The number of unbranched alkanes of at least 4 members (excludes halogenated alkanes) is 32. The van der Waals surface area contributed by atoms with E-state index in [1.807, 2.05) is 0 Å². The zero-order valence-electron chi connectivity index (χ0n) is 58.8. The molecule has 17 nitrogen and oxygen atoms in total. The smallest absolute Gasteiger partial charge is 0.462 e. The van der Waals surface area contributed by atoms with Crippen molar-refractivity contribution in [3.8, 4) is 0 Å². The Bertz CT molecular complexity index is 1790. The van der Waals surface area contributed by atoms with Gasteiger partial charge < -0.3 is 33.8 Å². The van der Waals surface area contributed by atoms with Gasteiger partial charge in [0.25, 0.3) is 0 Å². The van der Waals surface area contributed by atoms with E-state index < -0.39 is 97.5 Å². The first-order chi connectivity index (χ1) is 43.2. The molecule has 0 aliphatic rings. The van der Waals surface area contributed by atoms with Crippen LogP contribution in [0.4, 0.5) is 0 Å². The van der Waals surface area contributed by atoms with Crippen LogP contribution in [0, 0.1) is 23.7 Å². The summed E-state index contributed by atoms with van der Waals surface area (Å²) in [6.45, 7) is 14.1. The Morgan fingerprint density at radius 3 is 0.789 bits per heavy atom. The van der Waals surface area contributed by atoms with Crippen LogP contribution in [0.2, 0.25) is 0 Å². The molecular weight excluding hydrogens is 1190 g/mol. The maximum atomic E-state index is 13.0. The van der Waals surface area contributed by atoms with E-state index in [-0.39, 0.29) is 25.7 Å². The number of hydrogen-bond acceptors (Lipinski definition) is 15. The van der Waals surface area contributed by atoms with E-state index in [1.165, 1.54) is 148 Å². The molecule has 4 unspecified atom stereocenters. The van der Waals surface area contributed by atoms with Crippen LogP contribution in [-0.4, -0.2) is 96.7 Å². The normalized spacial score (nSPS) is 14.9. The molecule has 7 atom stereocenters. The molecule has 0 amide bonds. The van der Waals surface area contributed by atoms with E-state index in [9.17, 15) is 43.2 Å². The predicted octanol–water partition coefficient (Wildman–Crippen LogP) is 20.1. The van der Waals surface area contributed by atoms with Gasteiger partial charge >= 0.3 is 39.5 Å². The maximum Gasteiger partial charge on any atom is 0.472 e. The number of carbonyl (C=O) groups is 4. The highest BCUT2D eigenvalue weighted by atomic mass is 31.2. The van der Waals surface area contributed by atoms with Crippen molar-refractivity contribution in [1.82, 2.24) is 0 Å². The predicted molar refractivity (Wildman–Crippen MR) is 363 cm³/mol. The minimum Gasteiger partial charge on any atom is -0.462 e. The summed E-state index contributed by atoms with van der Waals surface area (Å²) in [6.07, 6.45) is 43.2. The molecule has 0 spiro atoms. The van der Waals surface area contributed by atoms with Crippen molar-refractivity contribution in [3.63, 3.8) is 0 Å². The number of aliphatic hydroxyl groups is 1. The van der Waals surface area contributed by atoms with E-state index >= 15 is 0 Å². The van der Waals surface area contributed by atoms with Gasteiger partial charge in [-0.05, 0) is 49.4 Å². The van der Waals surface area contributed by atoms with Crippen molar-refractivity contribution in [3.05, 3.63) is 0 Å². The zero-order chi connectivity index (χ0) is 66.8. The standard InChI is InChI=1S/C71H138O17P2/c1-9-63(7)49-41-33-24-20-17-18-22-26-37-45-53-70(75)87-66(58-82-69(74)52-44-36-29-27-32-40-48-62(5)6)59-85-89(77,78)83-55-65(72)56-84-90(79,80)86-60-67(88-71(76)54-46-38-30-28-34-42-50-64(8)10-2)57-81-68(73)51-43-35-25-21-16-14-12-11-13-15-19-23-31-39-47-61(3)4/h61-67,72H,9-60H2,1-8H3,(H,77,78)(H,79,80)/t63?,64?,65-,66+,67+/m0/s1. The molecule has 19 heteroatoms. The van der Waals surface area contributed by atoms with Gasteiger partial charge in [0, 0.05) is 25.7 Å². The molecule has 0 heterocycles. The Labute approximate surface area is 549 Å². The van der Waals surface area contributed by atoms with Crippen LogP contribution in [0.15, 0.2) is 0 Å². The highest BCUT2D eigenvalue weighted by Gasteiger charge is 2.30. The van der Waals surface area contributed by atoms with Crippen molar-refractivity contribution in [2.24, 2.45) is 23.7 Å². The third-order valence-corrected chi connectivity index (χ3v) is 18.9. The van der Waals surface area contributed by atoms with Gasteiger partial charge in [0.15, 0.2) is 12.2 Å². The third kappa shape index (κ3) is 62.2. The van der Waals surface area contributed by atoms with Gasteiger partial charge in [-0.1, -0.05) is 299 Å². The van der Waals surface area contributed by atoms with Gasteiger partial charge in [-0.25, -0.2) is 9.13 Å². The van der Waals surface area contributed by atoms with Gasteiger partial charge in [0.1, 0.15) is 19.3 Å². The number of carbonyl (C=O) groups excluding carboxylic acids is 4. The molecule has 534 valence electrons. The zero-order valence-corrected chi connectivity index (χ0v) is 60.6. The number of aliphatic hydroxyl groups excluding tert-OH is 1. The van der Waals surface area contributed by atoms with Crippen molar-refractivity contribution < 1.29 is 80.2 Å². The molecular formula is C71H138O17P2. The van der Waals surface area contributed by atoms with Gasteiger partial charge in [-0.3, -0.25) is 37.3 Å². The topological polar surface area (TPSA) is 237 Å². The van der Waals surface area contributed by atoms with Gasteiger partial charge in [0.05, 0.1) is 26.4 Å². The second-order valence-corrected chi connectivity index (χ2v) is 30.0. The molecule has 0 aliphatic heterocycles. The second kappa shape index (κ2) is 60.7. The summed E-state index contributed by atoms with van der Waals surface area (Å²) in [7, 11) is -9.90. The van der Waals surface area contributed by atoms with Crippen molar-refractivity contribution in [1.29, 1.82) is 0 Å². The fourth-order valence-corrected chi connectivity index (χ4v) is 12.2. The Morgan fingerprint density at radius 2 is 0.533 bits per heavy atom. The Morgan fingerprint density at radius 1 is 0.311 bits per heavy atom. The number of phosphoric ester groups is 2. The lowest BCUT2D eigenvalue weighted by Crippen LogP contribution is -2.30. The second-order valence-electron chi connectivity index (χ2n) is 27.1. The lowest BCUT2D eigenvalue weighted by atomic mass is 9.99. The largest absolute Gasteiger partial charge is 0.472 e. The van der Waals surface area contributed by atoms with Crippen LogP contribution in [0.25, 0.3) is 0 Å². The summed E-state index contributed by atoms with van der Waals surface area (Å²) in [6, 6.07) is 0. The molecule has 0 radical (unpaired) electrons. The van der Waals surface area contributed by atoms with Crippen LogP contribution in [0.5, 0.6) is 0 Å². The molecule has 0 aromatic rings. The highest BCUT2D eigenvalue weighted by Crippen LogP contribution is 2.45. The molecule has 90 heavy (non-hydrogen) atoms. The lowest BCUT2D eigenvalue weighted by Gasteiger charge is -2.21. The maximum absolute atomic E-state index is 13.0. The number of ether oxygens (including phenoxy) is 4. The van der Waals surface area contributed by atoms with Crippen LogP contribution in [-0.2, 0) is 65.4 Å². The number of esters is 4. The molecule has 0 aliphatic carbocycles. The van der Waals surface area contributed by atoms with Crippen molar-refractivity contribution in [2.75, 3.05) is 39.6 Å². The Balaban J connectivity index is 5.20. The van der Waals surface area contributed by atoms with E-state index in [1.54, 1.807) is 0 Å². The molecule has 0 saturated carbocycles. The summed E-state index contributed by atoms with van der Waals surface area (Å²) < 4.78 is 68.3. The SMILES string of the molecule is CCC(C)CCCCCCCCCCCCC(=O)O[C@H](COC(=O)CCCCCCCCC(C)C)COP(=O)(O)OC[C@H](O)COP(=O)(O)OC[C@@H](COC(=O)CCCCCCCCCCCCCCCCC(C)C)OC(=O)CCCCCCCCC(C)CC. The fourth-order valence-electron chi connectivity index (χ4n) is 10.6. The molecule has 3 N–H and O–H groups in total. The summed E-state index contributed by atoms with van der Waals surface area (Å²) in [5.74, 6) is 0.869. The van der Waals surface area contributed by atoms with Crippen molar-refractivity contribution in [2.45, 2.75) is 369 Å². The monoisotopic (exact) mass is 1320 g/mol. The van der Waals surface area contributed by atoms with Crippen LogP contribution in [0.1, 0.15) is 351 Å². The quantitative estimate of drug-likeness (QED) is 0.0222. The minimum atomic E-state index is -4.95. The fraction of sp³-hybridized carbons (Fsp3) is 0.944. The van der Waals surface area contributed by atoms with Gasteiger partial charge in [-0.15, -0.1) is 0 Å². The lowest BCUT2D eigenvalue weighted by molar-refractivity contribution is -0.161. The van der Waals surface area contributed by atoms with E-state index in [4.69, 9.17) is 37.0 Å². The molecule has 0 aromatic heterocycles. The van der Waals surface area contributed by atoms with Crippen LogP contribution in [0.3, 0.4) is 0 Å². The number of phosphoric acid groups is 2. The number of hydrogen-bond donors (Lipinski definition) is 3. The van der Waals surface area contributed by atoms with Crippen LogP contribution < -0.4 is 0 Å². The Kier molecular flexibility index (Phi) is 59.4. The van der Waals surface area contributed by atoms with Gasteiger partial charge in [0.2, 0.25) is 0 Å². The Hall–Kier alpha value is -1.94. The van der Waals surface area contributed by atoms with E-state index in [2.05, 4.69) is 55.4 Å². The first-order valence-corrected chi connectivity index (χ1v) is 39.8. The molecule has 0 bridgehead atoms. The van der Waals surface area contributed by atoms with Gasteiger partial charge in [-0.2, -0.15) is 0 Å². The van der Waals surface area contributed by atoms with E-state index in [0.29, 0.717) is 31.6 Å². The molecule has 0 fully saturated rings. The first-order valence-electron chi connectivity index (χ1n) is 36.8. The number of rotatable bonds is 68. The van der Waals surface area contributed by atoms with Crippen molar-refractivity contribution >= 4 is 39.5 Å². The summed E-state index contributed by atoms with van der Waals surface area (Å²) in [5.41, 5.74) is 0. The third-order valence-electron chi connectivity index (χ3n) is 17.0. The average molecular weight is 1330 g/mol.